The van der Waals surface area contributed by atoms with Gasteiger partial charge in [0.15, 0.2) is 5.78 Å². The average molecular weight is 360 g/mol. The molecule has 1 aliphatic heterocycles. The smallest absolute Gasteiger partial charge is 0.254 e. The van der Waals surface area contributed by atoms with Gasteiger partial charge in [0.05, 0.1) is 10.4 Å². The molecule has 1 aromatic carbocycles. The van der Waals surface area contributed by atoms with Crippen LogP contribution in [0.25, 0.3) is 0 Å². The third-order valence-corrected chi connectivity index (χ3v) is 5.42. The van der Waals surface area contributed by atoms with E-state index in [-0.39, 0.29) is 17.5 Å². The van der Waals surface area contributed by atoms with Crippen molar-refractivity contribution in [2.45, 2.75) is 19.9 Å². The normalized spacial score (nSPS) is 15.8. The van der Waals surface area contributed by atoms with Crippen LogP contribution in [-0.4, -0.2) is 47.7 Å². The third kappa shape index (κ3) is 4.52. The molecule has 1 fully saturated rings. The van der Waals surface area contributed by atoms with Gasteiger partial charge in [-0.1, -0.05) is 12.1 Å². The van der Waals surface area contributed by atoms with Crippen molar-refractivity contribution in [3.8, 4) is 0 Å². The molecule has 0 aliphatic carbocycles. The minimum Gasteiger partial charge on any atom is -0.337 e. The standard InChI is InChI=1S/C19H21FN2O2S/c1-14(23)18-11-16(13-25-18)19(24)22-8-2-7-21(9-10-22)12-15-3-5-17(20)6-4-15/h3-6,11,13H,2,7-10,12H2,1H3. The molecular weight excluding hydrogens is 339 g/mol. The van der Waals surface area contributed by atoms with Crippen LogP contribution < -0.4 is 0 Å². The summed E-state index contributed by atoms with van der Waals surface area (Å²) >= 11 is 1.32. The van der Waals surface area contributed by atoms with E-state index >= 15 is 0 Å². The quantitative estimate of drug-likeness (QED) is 0.785. The Labute approximate surface area is 150 Å². The summed E-state index contributed by atoms with van der Waals surface area (Å²) in [5, 5.41) is 1.76. The maximum atomic E-state index is 13.0. The Morgan fingerprint density at radius 1 is 1.12 bits per heavy atom. The number of amides is 1. The number of Topliss-reactive ketones (excluding diaryl/α,β-unsaturated/α-hetero) is 1. The van der Waals surface area contributed by atoms with E-state index < -0.39 is 0 Å². The van der Waals surface area contributed by atoms with Crippen LogP contribution in [0.2, 0.25) is 0 Å². The Morgan fingerprint density at radius 2 is 1.88 bits per heavy atom. The monoisotopic (exact) mass is 360 g/mol. The molecule has 1 aromatic heterocycles. The van der Waals surface area contributed by atoms with E-state index in [0.29, 0.717) is 23.5 Å². The molecule has 3 rings (SSSR count). The molecule has 1 amide bonds. The Hall–Kier alpha value is -2.05. The Balaban J connectivity index is 1.59. The maximum Gasteiger partial charge on any atom is 0.254 e. The number of ketones is 1. The lowest BCUT2D eigenvalue weighted by Crippen LogP contribution is -2.34. The van der Waals surface area contributed by atoms with Crippen molar-refractivity contribution in [3.63, 3.8) is 0 Å². The summed E-state index contributed by atoms with van der Waals surface area (Å²) in [6, 6.07) is 8.25. The van der Waals surface area contributed by atoms with E-state index in [4.69, 9.17) is 0 Å². The Kier molecular flexibility index (Phi) is 5.60. The van der Waals surface area contributed by atoms with Gasteiger partial charge in [-0.25, -0.2) is 4.39 Å². The Bertz CT molecular complexity index is 757. The minimum absolute atomic E-state index is 0.00705. The minimum atomic E-state index is -0.225. The molecule has 0 saturated carbocycles. The molecule has 0 unspecified atom stereocenters. The number of rotatable bonds is 4. The predicted octanol–water partition coefficient (Wildman–Crippen LogP) is 3.44. The molecule has 1 aliphatic rings. The zero-order valence-electron chi connectivity index (χ0n) is 14.2. The van der Waals surface area contributed by atoms with Crippen molar-refractivity contribution in [1.82, 2.24) is 9.80 Å². The SMILES string of the molecule is CC(=O)c1cc(C(=O)N2CCCN(Cc3ccc(F)cc3)CC2)cs1. The van der Waals surface area contributed by atoms with Gasteiger partial charge in [-0.15, -0.1) is 11.3 Å². The van der Waals surface area contributed by atoms with Crippen molar-refractivity contribution >= 4 is 23.0 Å². The average Bonchev–Trinajstić information content (AvgIpc) is 2.98. The predicted molar refractivity (Wildman–Crippen MR) is 96.5 cm³/mol. The highest BCUT2D eigenvalue weighted by Crippen LogP contribution is 2.18. The van der Waals surface area contributed by atoms with E-state index in [2.05, 4.69) is 4.90 Å². The molecule has 25 heavy (non-hydrogen) atoms. The molecule has 0 spiro atoms. The first kappa shape index (κ1) is 17.8. The number of halogens is 1. The first-order valence-electron chi connectivity index (χ1n) is 8.38. The van der Waals surface area contributed by atoms with Gasteiger partial charge in [0.25, 0.3) is 5.91 Å². The van der Waals surface area contributed by atoms with Crippen LogP contribution in [0, 0.1) is 5.82 Å². The number of benzene rings is 1. The van der Waals surface area contributed by atoms with Gasteiger partial charge >= 0.3 is 0 Å². The molecule has 2 heterocycles. The second-order valence-electron chi connectivity index (χ2n) is 6.30. The lowest BCUT2D eigenvalue weighted by Gasteiger charge is -2.21. The number of thiophene rings is 1. The van der Waals surface area contributed by atoms with E-state index in [1.165, 1.54) is 30.4 Å². The van der Waals surface area contributed by atoms with Gasteiger partial charge in [0, 0.05) is 38.1 Å². The van der Waals surface area contributed by atoms with Crippen molar-refractivity contribution in [1.29, 1.82) is 0 Å². The highest BCUT2D eigenvalue weighted by atomic mass is 32.1. The van der Waals surface area contributed by atoms with Gasteiger partial charge in [-0.3, -0.25) is 14.5 Å². The topological polar surface area (TPSA) is 40.6 Å². The molecule has 2 aromatic rings. The number of carbonyl (C=O) groups is 2. The Morgan fingerprint density at radius 3 is 2.56 bits per heavy atom. The van der Waals surface area contributed by atoms with Crippen molar-refractivity contribution in [2.75, 3.05) is 26.2 Å². The molecule has 0 bridgehead atoms. The first-order valence-corrected chi connectivity index (χ1v) is 9.26. The van der Waals surface area contributed by atoms with E-state index in [0.717, 1.165) is 31.6 Å². The fourth-order valence-electron chi connectivity index (χ4n) is 3.00. The second-order valence-corrected chi connectivity index (χ2v) is 7.22. The van der Waals surface area contributed by atoms with Crippen molar-refractivity contribution in [2.24, 2.45) is 0 Å². The summed E-state index contributed by atoms with van der Waals surface area (Å²) < 4.78 is 13.0. The van der Waals surface area contributed by atoms with Crippen molar-refractivity contribution < 1.29 is 14.0 Å². The van der Waals surface area contributed by atoms with Gasteiger partial charge in [0.1, 0.15) is 5.82 Å². The van der Waals surface area contributed by atoms with Crippen LogP contribution in [-0.2, 0) is 6.54 Å². The number of hydrogen-bond donors (Lipinski definition) is 0. The summed E-state index contributed by atoms with van der Waals surface area (Å²) in [5.74, 6) is -0.241. The van der Waals surface area contributed by atoms with Crippen LogP contribution >= 0.6 is 11.3 Å². The lowest BCUT2D eigenvalue weighted by atomic mass is 10.2. The van der Waals surface area contributed by atoms with Gasteiger partial charge in [-0.05, 0) is 37.1 Å². The van der Waals surface area contributed by atoms with E-state index in [1.54, 1.807) is 23.6 Å². The summed E-state index contributed by atoms with van der Waals surface area (Å²) in [6.45, 7) is 5.33. The van der Waals surface area contributed by atoms with Gasteiger partial charge in [0.2, 0.25) is 0 Å². The summed E-state index contributed by atoms with van der Waals surface area (Å²) in [7, 11) is 0. The van der Waals surface area contributed by atoms with Gasteiger partial charge in [-0.2, -0.15) is 0 Å². The molecule has 0 radical (unpaired) electrons. The fraction of sp³-hybridized carbons (Fsp3) is 0.368. The molecular formula is C19H21FN2O2S. The summed E-state index contributed by atoms with van der Waals surface area (Å²) in [4.78, 5) is 28.8. The first-order chi connectivity index (χ1) is 12.0. The molecule has 0 N–H and O–H groups in total. The third-order valence-electron chi connectivity index (χ3n) is 4.39. The highest BCUT2D eigenvalue weighted by Gasteiger charge is 2.21. The molecule has 1 saturated heterocycles. The molecule has 0 atom stereocenters. The summed E-state index contributed by atoms with van der Waals surface area (Å²) in [5.41, 5.74) is 1.67. The number of hydrogen-bond acceptors (Lipinski definition) is 4. The molecule has 6 heteroatoms. The maximum absolute atomic E-state index is 13.0. The zero-order chi connectivity index (χ0) is 17.8. The van der Waals surface area contributed by atoms with Crippen LogP contribution in [0.1, 0.15) is 38.9 Å². The lowest BCUT2D eigenvalue weighted by molar-refractivity contribution is 0.0761. The second kappa shape index (κ2) is 7.89. The largest absolute Gasteiger partial charge is 0.337 e. The van der Waals surface area contributed by atoms with Crippen LogP contribution in [0.15, 0.2) is 35.7 Å². The van der Waals surface area contributed by atoms with Crippen LogP contribution in [0.4, 0.5) is 4.39 Å². The highest BCUT2D eigenvalue weighted by molar-refractivity contribution is 7.12. The molecule has 4 nitrogen and oxygen atoms in total. The van der Waals surface area contributed by atoms with Crippen molar-refractivity contribution in [3.05, 3.63) is 57.5 Å². The number of nitrogens with zero attached hydrogens (tertiary/aromatic N) is 2. The van der Waals surface area contributed by atoms with E-state index in [9.17, 15) is 14.0 Å². The van der Waals surface area contributed by atoms with Crippen LogP contribution in [0.5, 0.6) is 0 Å². The van der Waals surface area contributed by atoms with E-state index in [1.807, 2.05) is 4.90 Å². The summed E-state index contributed by atoms with van der Waals surface area (Å²) in [6.07, 6.45) is 0.899. The molecule has 132 valence electrons. The zero-order valence-corrected chi connectivity index (χ0v) is 15.0. The van der Waals surface area contributed by atoms with Crippen LogP contribution in [0.3, 0.4) is 0 Å². The van der Waals surface area contributed by atoms with Gasteiger partial charge < -0.3 is 4.90 Å². The fourth-order valence-corrected chi connectivity index (χ4v) is 3.78. The number of carbonyl (C=O) groups excluding carboxylic acids is 2.